The molecule has 27 heavy (non-hydrogen) atoms. The summed E-state index contributed by atoms with van der Waals surface area (Å²) < 4.78 is 6.68. The van der Waals surface area contributed by atoms with E-state index in [-0.39, 0.29) is 11.8 Å². The monoisotopic (exact) mass is 381 g/mol. The molecule has 2 aromatic carbocycles. The van der Waals surface area contributed by atoms with Crippen LogP contribution in [0.3, 0.4) is 0 Å². The van der Waals surface area contributed by atoms with Crippen LogP contribution in [0.5, 0.6) is 5.75 Å². The van der Waals surface area contributed by atoms with E-state index in [0.717, 1.165) is 23.4 Å². The second kappa shape index (κ2) is 7.36. The Kier molecular flexibility index (Phi) is 4.77. The van der Waals surface area contributed by atoms with Crippen LogP contribution in [0.15, 0.2) is 42.5 Å². The fourth-order valence-electron chi connectivity index (χ4n) is 2.94. The SMILES string of the molecule is CC1Oc2ccc(NC(=O)CCCc3nc4ccccc4s3)cc2NC1=O. The molecule has 0 saturated heterocycles. The highest BCUT2D eigenvalue weighted by Crippen LogP contribution is 2.32. The third-order valence-corrected chi connectivity index (χ3v) is 5.42. The molecule has 2 heterocycles. The minimum Gasteiger partial charge on any atom is -0.479 e. The van der Waals surface area contributed by atoms with Gasteiger partial charge in [0.05, 0.1) is 20.9 Å². The molecule has 1 aliphatic rings. The number of hydrogen-bond acceptors (Lipinski definition) is 5. The van der Waals surface area contributed by atoms with Gasteiger partial charge in [0.2, 0.25) is 5.91 Å². The predicted molar refractivity (Wildman–Crippen MR) is 106 cm³/mol. The average Bonchev–Trinajstić information content (AvgIpc) is 3.05. The number of ether oxygens (including phenoxy) is 1. The summed E-state index contributed by atoms with van der Waals surface area (Å²) in [6, 6.07) is 13.3. The molecule has 1 aromatic heterocycles. The van der Waals surface area contributed by atoms with Crippen molar-refractivity contribution < 1.29 is 14.3 Å². The lowest BCUT2D eigenvalue weighted by atomic mass is 10.2. The van der Waals surface area contributed by atoms with Gasteiger partial charge >= 0.3 is 0 Å². The first-order chi connectivity index (χ1) is 13.1. The molecular formula is C20H19N3O3S. The molecule has 1 unspecified atom stereocenters. The molecule has 0 fully saturated rings. The van der Waals surface area contributed by atoms with Crippen LogP contribution < -0.4 is 15.4 Å². The average molecular weight is 381 g/mol. The number of aryl methyl sites for hydroxylation is 1. The molecule has 0 bridgehead atoms. The Labute approximate surface area is 160 Å². The van der Waals surface area contributed by atoms with Gasteiger partial charge < -0.3 is 15.4 Å². The maximum absolute atomic E-state index is 12.2. The standard InChI is InChI=1S/C20H19N3O3S/c1-12-20(25)23-15-11-13(9-10-16(15)26-12)21-18(24)7-4-8-19-22-14-5-2-3-6-17(14)27-19/h2-3,5-6,9-12H,4,7-8H2,1H3,(H,21,24)(H,23,25). The van der Waals surface area contributed by atoms with Crippen LogP contribution in [-0.2, 0) is 16.0 Å². The van der Waals surface area contributed by atoms with Crippen molar-refractivity contribution in [1.29, 1.82) is 0 Å². The second-order valence-corrected chi connectivity index (χ2v) is 7.55. The summed E-state index contributed by atoms with van der Waals surface area (Å²) in [5.41, 5.74) is 2.22. The van der Waals surface area contributed by atoms with E-state index >= 15 is 0 Å². The van der Waals surface area contributed by atoms with Crippen LogP contribution >= 0.6 is 11.3 Å². The Balaban J connectivity index is 1.31. The second-order valence-electron chi connectivity index (χ2n) is 6.44. The van der Waals surface area contributed by atoms with Gasteiger partial charge in [0.1, 0.15) is 5.75 Å². The number of anilines is 2. The number of amides is 2. The number of carbonyl (C=O) groups excluding carboxylic acids is 2. The summed E-state index contributed by atoms with van der Waals surface area (Å²) in [6.45, 7) is 1.69. The Morgan fingerprint density at radius 3 is 3.00 bits per heavy atom. The zero-order valence-corrected chi connectivity index (χ0v) is 15.6. The summed E-state index contributed by atoms with van der Waals surface area (Å²) in [7, 11) is 0. The Morgan fingerprint density at radius 2 is 2.15 bits per heavy atom. The van der Waals surface area contributed by atoms with Crippen molar-refractivity contribution in [2.45, 2.75) is 32.3 Å². The highest BCUT2D eigenvalue weighted by atomic mass is 32.1. The van der Waals surface area contributed by atoms with Crippen molar-refractivity contribution in [2.24, 2.45) is 0 Å². The maximum Gasteiger partial charge on any atom is 0.265 e. The van der Waals surface area contributed by atoms with Gasteiger partial charge in [0.15, 0.2) is 6.10 Å². The molecule has 0 spiro atoms. The largest absolute Gasteiger partial charge is 0.479 e. The summed E-state index contributed by atoms with van der Waals surface area (Å²) in [5, 5.41) is 6.69. The van der Waals surface area contributed by atoms with Crippen LogP contribution in [0.4, 0.5) is 11.4 Å². The van der Waals surface area contributed by atoms with Crippen molar-refractivity contribution in [3.8, 4) is 5.75 Å². The number of thiazole rings is 1. The molecule has 2 N–H and O–H groups in total. The van der Waals surface area contributed by atoms with Gasteiger partial charge in [-0.2, -0.15) is 0 Å². The lowest BCUT2D eigenvalue weighted by Gasteiger charge is -2.23. The van der Waals surface area contributed by atoms with Crippen molar-refractivity contribution >= 4 is 44.7 Å². The molecule has 0 saturated carbocycles. The highest BCUT2D eigenvalue weighted by Gasteiger charge is 2.23. The lowest BCUT2D eigenvalue weighted by molar-refractivity contribution is -0.122. The van der Waals surface area contributed by atoms with Crippen LogP contribution in [0, 0.1) is 0 Å². The number of benzene rings is 2. The number of hydrogen-bond donors (Lipinski definition) is 2. The summed E-state index contributed by atoms with van der Waals surface area (Å²) in [6.07, 6.45) is 1.40. The van der Waals surface area contributed by atoms with Crippen LogP contribution in [-0.4, -0.2) is 22.9 Å². The van der Waals surface area contributed by atoms with Crippen LogP contribution in [0.1, 0.15) is 24.8 Å². The third-order valence-electron chi connectivity index (χ3n) is 4.33. The number of carbonyl (C=O) groups is 2. The molecule has 0 radical (unpaired) electrons. The molecular weight excluding hydrogens is 362 g/mol. The zero-order chi connectivity index (χ0) is 18.8. The summed E-state index contributed by atoms with van der Waals surface area (Å²) in [5.74, 6) is 0.352. The first-order valence-corrected chi connectivity index (χ1v) is 9.66. The third kappa shape index (κ3) is 3.93. The van der Waals surface area contributed by atoms with E-state index in [4.69, 9.17) is 4.74 Å². The minimum absolute atomic E-state index is 0.0625. The molecule has 1 aliphatic heterocycles. The number of nitrogens with one attached hydrogen (secondary N) is 2. The van der Waals surface area contributed by atoms with E-state index < -0.39 is 6.10 Å². The number of nitrogens with zero attached hydrogens (tertiary/aromatic N) is 1. The van der Waals surface area contributed by atoms with Gasteiger partial charge in [-0.25, -0.2) is 4.98 Å². The maximum atomic E-state index is 12.2. The van der Waals surface area contributed by atoms with Crippen molar-refractivity contribution in [3.05, 3.63) is 47.5 Å². The highest BCUT2D eigenvalue weighted by molar-refractivity contribution is 7.18. The summed E-state index contributed by atoms with van der Waals surface area (Å²) in [4.78, 5) is 28.5. The predicted octanol–water partition coefficient (Wildman–Crippen LogP) is 3.98. The molecule has 6 nitrogen and oxygen atoms in total. The van der Waals surface area contributed by atoms with E-state index in [1.54, 1.807) is 36.5 Å². The Bertz CT molecular complexity index is 982. The molecule has 138 valence electrons. The molecule has 4 rings (SSSR count). The number of fused-ring (bicyclic) bond motifs is 2. The van der Waals surface area contributed by atoms with Gasteiger partial charge in [0, 0.05) is 12.1 Å². The quantitative estimate of drug-likeness (QED) is 0.701. The molecule has 7 heteroatoms. The van der Waals surface area contributed by atoms with E-state index in [9.17, 15) is 9.59 Å². The van der Waals surface area contributed by atoms with Crippen molar-refractivity contribution in [1.82, 2.24) is 4.98 Å². The van der Waals surface area contributed by atoms with E-state index in [0.29, 0.717) is 23.5 Å². The fourth-order valence-corrected chi connectivity index (χ4v) is 3.95. The van der Waals surface area contributed by atoms with Gasteiger partial charge in [-0.3, -0.25) is 9.59 Å². The normalized spacial score (nSPS) is 15.7. The minimum atomic E-state index is -0.513. The summed E-state index contributed by atoms with van der Waals surface area (Å²) >= 11 is 1.67. The first kappa shape index (κ1) is 17.5. The molecule has 0 aliphatic carbocycles. The van der Waals surface area contributed by atoms with E-state index in [1.165, 1.54) is 4.70 Å². The molecule has 2 amide bonds. The Hall–Kier alpha value is -2.93. The van der Waals surface area contributed by atoms with Crippen molar-refractivity contribution in [2.75, 3.05) is 10.6 Å². The Morgan fingerprint density at radius 1 is 1.30 bits per heavy atom. The molecule has 3 aromatic rings. The van der Waals surface area contributed by atoms with E-state index in [1.807, 2.05) is 18.2 Å². The number of para-hydroxylation sites is 1. The van der Waals surface area contributed by atoms with Crippen LogP contribution in [0.2, 0.25) is 0 Å². The number of aromatic nitrogens is 1. The number of rotatable bonds is 5. The lowest BCUT2D eigenvalue weighted by Crippen LogP contribution is -2.34. The van der Waals surface area contributed by atoms with Crippen molar-refractivity contribution in [3.63, 3.8) is 0 Å². The first-order valence-electron chi connectivity index (χ1n) is 8.84. The fraction of sp³-hybridized carbons (Fsp3) is 0.250. The topological polar surface area (TPSA) is 80.3 Å². The van der Waals surface area contributed by atoms with E-state index in [2.05, 4.69) is 21.7 Å². The molecule has 1 atom stereocenters. The van der Waals surface area contributed by atoms with Gasteiger partial charge in [-0.15, -0.1) is 11.3 Å². The van der Waals surface area contributed by atoms with Gasteiger partial charge in [-0.1, -0.05) is 12.1 Å². The van der Waals surface area contributed by atoms with Crippen LogP contribution in [0.25, 0.3) is 10.2 Å². The van der Waals surface area contributed by atoms with Gasteiger partial charge in [-0.05, 0) is 50.1 Å². The zero-order valence-electron chi connectivity index (χ0n) is 14.8. The smallest absolute Gasteiger partial charge is 0.265 e. The van der Waals surface area contributed by atoms with Gasteiger partial charge in [0.25, 0.3) is 5.91 Å².